The summed E-state index contributed by atoms with van der Waals surface area (Å²) in [6, 6.07) is 13.0. The third kappa shape index (κ3) is 4.30. The van der Waals surface area contributed by atoms with E-state index < -0.39 is 5.97 Å². The zero-order valence-corrected chi connectivity index (χ0v) is 18.3. The summed E-state index contributed by atoms with van der Waals surface area (Å²) in [6.07, 6.45) is 0. The van der Waals surface area contributed by atoms with Crippen LogP contribution >= 0.6 is 0 Å². The van der Waals surface area contributed by atoms with E-state index >= 15 is 0 Å². The molecule has 0 atom stereocenters. The van der Waals surface area contributed by atoms with Crippen LogP contribution in [0, 0.1) is 0 Å². The lowest BCUT2D eigenvalue weighted by Gasteiger charge is -2.21. The van der Waals surface area contributed by atoms with Gasteiger partial charge in [0.25, 0.3) is 0 Å². The molecule has 0 aromatic heterocycles. The Bertz CT molecular complexity index is 1060. The quantitative estimate of drug-likeness (QED) is 0.462. The second-order valence-electron chi connectivity index (χ2n) is 6.52. The van der Waals surface area contributed by atoms with Gasteiger partial charge in [0.15, 0.2) is 23.0 Å². The number of methoxy groups -OCH3 is 4. The first-order valence-electron chi connectivity index (χ1n) is 9.77. The fraction of sp³-hybridized carbons (Fsp3) is 0.292. The standard InChI is InChI=1S/C24H26O7/c1-6-30-24(25)17-12-16-18(26-2)13-19(27-3)22(28-4)20(16)23(29-5)21(17)31-14-15-10-8-7-9-11-15/h7-13H,6,14H2,1-5H3. The molecule has 7 nitrogen and oxygen atoms in total. The van der Waals surface area contributed by atoms with Crippen LogP contribution in [0.25, 0.3) is 10.8 Å². The highest BCUT2D eigenvalue weighted by molar-refractivity contribution is 6.07. The molecule has 0 saturated heterocycles. The van der Waals surface area contributed by atoms with Gasteiger partial charge >= 0.3 is 5.97 Å². The van der Waals surface area contributed by atoms with Gasteiger partial charge in [0.1, 0.15) is 17.9 Å². The number of fused-ring (bicyclic) bond motifs is 1. The van der Waals surface area contributed by atoms with Crippen LogP contribution < -0.4 is 23.7 Å². The molecule has 31 heavy (non-hydrogen) atoms. The smallest absolute Gasteiger partial charge is 0.342 e. The molecule has 3 rings (SSSR count). The third-order valence-electron chi connectivity index (χ3n) is 4.78. The maximum atomic E-state index is 12.8. The third-order valence-corrected chi connectivity index (χ3v) is 4.78. The van der Waals surface area contributed by atoms with Gasteiger partial charge < -0.3 is 28.4 Å². The molecule has 0 fully saturated rings. The van der Waals surface area contributed by atoms with E-state index in [0.717, 1.165) is 5.56 Å². The molecule has 0 amide bonds. The van der Waals surface area contributed by atoms with Crippen LogP contribution in [0.5, 0.6) is 28.7 Å². The summed E-state index contributed by atoms with van der Waals surface area (Å²) in [4.78, 5) is 12.8. The number of esters is 1. The molecule has 0 aliphatic heterocycles. The Balaban J connectivity index is 2.31. The van der Waals surface area contributed by atoms with Crippen molar-refractivity contribution in [3.63, 3.8) is 0 Å². The molecular formula is C24H26O7. The van der Waals surface area contributed by atoms with E-state index in [0.29, 0.717) is 33.8 Å². The van der Waals surface area contributed by atoms with Crippen LogP contribution in [0.15, 0.2) is 42.5 Å². The minimum atomic E-state index is -0.525. The van der Waals surface area contributed by atoms with E-state index in [2.05, 4.69) is 0 Å². The Morgan fingerprint density at radius 3 is 2.06 bits per heavy atom. The number of carbonyl (C=O) groups excluding carboxylic acids is 1. The van der Waals surface area contributed by atoms with E-state index in [1.807, 2.05) is 30.3 Å². The van der Waals surface area contributed by atoms with Crippen LogP contribution in [0.1, 0.15) is 22.8 Å². The van der Waals surface area contributed by atoms with Gasteiger partial charge in [-0.3, -0.25) is 0 Å². The minimum absolute atomic E-state index is 0.223. The van der Waals surface area contributed by atoms with Crippen molar-refractivity contribution in [2.75, 3.05) is 35.0 Å². The predicted molar refractivity (Wildman–Crippen MR) is 117 cm³/mol. The Kier molecular flexibility index (Phi) is 7.07. The van der Waals surface area contributed by atoms with Crippen molar-refractivity contribution in [1.29, 1.82) is 0 Å². The molecule has 0 unspecified atom stereocenters. The number of hydrogen-bond acceptors (Lipinski definition) is 7. The summed E-state index contributed by atoms with van der Waals surface area (Å²) in [6.45, 7) is 2.20. The van der Waals surface area contributed by atoms with E-state index in [-0.39, 0.29) is 24.5 Å². The van der Waals surface area contributed by atoms with Crippen LogP contribution in [-0.2, 0) is 11.3 Å². The monoisotopic (exact) mass is 426 g/mol. The molecule has 0 heterocycles. The number of hydrogen-bond donors (Lipinski definition) is 0. The summed E-state index contributed by atoms with van der Waals surface area (Å²) in [5.74, 6) is 1.45. The van der Waals surface area contributed by atoms with Gasteiger partial charge in [-0.2, -0.15) is 0 Å². The van der Waals surface area contributed by atoms with Gasteiger partial charge in [-0.1, -0.05) is 30.3 Å². The highest BCUT2D eigenvalue weighted by Crippen LogP contribution is 2.50. The minimum Gasteiger partial charge on any atom is -0.496 e. The van der Waals surface area contributed by atoms with E-state index in [4.69, 9.17) is 28.4 Å². The maximum absolute atomic E-state index is 12.8. The van der Waals surface area contributed by atoms with Crippen molar-refractivity contribution < 1.29 is 33.2 Å². The molecular weight excluding hydrogens is 400 g/mol. The SMILES string of the molecule is CCOC(=O)c1cc2c(OC)cc(OC)c(OC)c2c(OC)c1OCc1ccccc1. The molecule has 0 saturated carbocycles. The van der Waals surface area contributed by atoms with Crippen molar-refractivity contribution in [2.24, 2.45) is 0 Å². The highest BCUT2D eigenvalue weighted by Gasteiger charge is 2.27. The molecule has 0 radical (unpaired) electrons. The molecule has 0 aliphatic carbocycles. The van der Waals surface area contributed by atoms with Crippen LogP contribution in [0.4, 0.5) is 0 Å². The summed E-state index contributed by atoms with van der Waals surface area (Å²) in [5.41, 5.74) is 1.17. The van der Waals surface area contributed by atoms with Crippen molar-refractivity contribution >= 4 is 16.7 Å². The van der Waals surface area contributed by atoms with Crippen molar-refractivity contribution in [1.82, 2.24) is 0 Å². The highest BCUT2D eigenvalue weighted by atomic mass is 16.5. The molecule has 0 spiro atoms. The number of ether oxygens (including phenoxy) is 6. The topological polar surface area (TPSA) is 72.5 Å². The number of carbonyl (C=O) groups is 1. The van der Waals surface area contributed by atoms with Gasteiger partial charge in [-0.25, -0.2) is 4.79 Å². The Morgan fingerprint density at radius 2 is 1.48 bits per heavy atom. The van der Waals surface area contributed by atoms with Crippen LogP contribution in [-0.4, -0.2) is 41.0 Å². The summed E-state index contributed by atoms with van der Waals surface area (Å²) >= 11 is 0. The fourth-order valence-electron chi connectivity index (χ4n) is 3.40. The molecule has 0 bridgehead atoms. The zero-order chi connectivity index (χ0) is 22.4. The van der Waals surface area contributed by atoms with Crippen LogP contribution in [0.2, 0.25) is 0 Å². The average molecular weight is 426 g/mol. The maximum Gasteiger partial charge on any atom is 0.342 e. The van der Waals surface area contributed by atoms with Crippen molar-refractivity contribution in [2.45, 2.75) is 13.5 Å². The number of benzene rings is 3. The summed E-state index contributed by atoms with van der Waals surface area (Å²) in [5, 5.41) is 1.17. The van der Waals surface area contributed by atoms with Gasteiger partial charge in [0.2, 0.25) is 0 Å². The fourth-order valence-corrected chi connectivity index (χ4v) is 3.40. The normalized spacial score (nSPS) is 10.5. The largest absolute Gasteiger partial charge is 0.496 e. The second kappa shape index (κ2) is 9.93. The van der Waals surface area contributed by atoms with E-state index in [1.54, 1.807) is 19.1 Å². The van der Waals surface area contributed by atoms with E-state index in [9.17, 15) is 4.79 Å². The lowest BCUT2D eigenvalue weighted by Crippen LogP contribution is -2.10. The molecule has 164 valence electrons. The van der Waals surface area contributed by atoms with E-state index in [1.165, 1.54) is 28.4 Å². The zero-order valence-electron chi connectivity index (χ0n) is 18.3. The average Bonchev–Trinajstić information content (AvgIpc) is 2.81. The molecule has 0 aliphatic rings. The Morgan fingerprint density at radius 1 is 0.806 bits per heavy atom. The molecule has 3 aromatic rings. The number of rotatable bonds is 9. The first-order valence-corrected chi connectivity index (χ1v) is 9.77. The van der Waals surface area contributed by atoms with Gasteiger partial charge in [0, 0.05) is 11.5 Å². The lowest BCUT2D eigenvalue weighted by atomic mass is 10.0. The van der Waals surface area contributed by atoms with Crippen LogP contribution in [0.3, 0.4) is 0 Å². The predicted octanol–water partition coefficient (Wildman–Crippen LogP) is 4.63. The second-order valence-corrected chi connectivity index (χ2v) is 6.52. The van der Waals surface area contributed by atoms with Gasteiger partial charge in [-0.05, 0) is 18.6 Å². The summed E-state index contributed by atoms with van der Waals surface area (Å²) < 4.78 is 33.8. The van der Waals surface area contributed by atoms with Gasteiger partial charge in [0.05, 0.1) is 40.4 Å². The van der Waals surface area contributed by atoms with Gasteiger partial charge in [-0.15, -0.1) is 0 Å². The first-order chi connectivity index (χ1) is 15.1. The van der Waals surface area contributed by atoms with Crippen molar-refractivity contribution in [3.05, 3.63) is 53.6 Å². The molecule has 3 aromatic carbocycles. The van der Waals surface area contributed by atoms with Crippen molar-refractivity contribution in [3.8, 4) is 28.7 Å². The lowest BCUT2D eigenvalue weighted by molar-refractivity contribution is 0.0520. The molecule has 7 heteroatoms. The summed E-state index contributed by atoms with van der Waals surface area (Å²) in [7, 11) is 6.11. The molecule has 0 N–H and O–H groups in total. The Labute approximate surface area is 181 Å². The Hall–Kier alpha value is -3.61. The first kappa shape index (κ1) is 22.1.